The van der Waals surface area contributed by atoms with Gasteiger partial charge in [-0.3, -0.25) is 0 Å². The van der Waals surface area contributed by atoms with Crippen LogP contribution >= 0.6 is 0 Å². The lowest BCUT2D eigenvalue weighted by Gasteiger charge is -2.26. The van der Waals surface area contributed by atoms with Gasteiger partial charge in [0, 0.05) is 12.8 Å². The Kier molecular flexibility index (Phi) is 4.76. The Morgan fingerprint density at radius 1 is 1.22 bits per heavy atom. The van der Waals surface area contributed by atoms with Gasteiger partial charge in [-0.25, -0.2) is 8.42 Å². The van der Waals surface area contributed by atoms with Crippen LogP contribution in [0.25, 0.3) is 0 Å². The van der Waals surface area contributed by atoms with Crippen LogP contribution in [0.1, 0.15) is 20.8 Å². The molecule has 18 heavy (non-hydrogen) atoms. The molecule has 0 aliphatic rings. The predicted octanol–water partition coefficient (Wildman–Crippen LogP) is 1.86. The molecule has 0 fully saturated rings. The van der Waals surface area contributed by atoms with Crippen LogP contribution in [0.3, 0.4) is 0 Å². The lowest BCUT2D eigenvalue weighted by molar-refractivity contribution is 0.109. The number of ether oxygens (including phenoxy) is 1. The van der Waals surface area contributed by atoms with Crippen LogP contribution in [0.4, 0.5) is 0 Å². The van der Waals surface area contributed by atoms with Crippen molar-refractivity contribution in [2.24, 2.45) is 0 Å². The second-order valence-corrected chi connectivity index (χ2v) is 6.90. The van der Waals surface area contributed by atoms with Crippen LogP contribution in [-0.4, -0.2) is 33.4 Å². The third-order valence-electron chi connectivity index (χ3n) is 2.45. The molecule has 0 aliphatic heterocycles. The molecule has 0 bridgehead atoms. The summed E-state index contributed by atoms with van der Waals surface area (Å²) in [4.78, 5) is 0.305. The molecule has 0 saturated carbocycles. The molecular weight excluding hydrogens is 250 g/mol. The molecule has 0 radical (unpaired) electrons. The Labute approximate surface area is 109 Å². The highest BCUT2D eigenvalue weighted by atomic mass is 32.2. The maximum Gasteiger partial charge on any atom is 0.175 e. The van der Waals surface area contributed by atoms with E-state index in [1.807, 2.05) is 20.8 Å². The van der Waals surface area contributed by atoms with Crippen molar-refractivity contribution in [2.45, 2.75) is 31.3 Å². The summed E-state index contributed by atoms with van der Waals surface area (Å²) in [6.45, 7) is 7.63. The van der Waals surface area contributed by atoms with Gasteiger partial charge in [0.15, 0.2) is 9.84 Å². The summed E-state index contributed by atoms with van der Waals surface area (Å²) in [5, 5.41) is 3.22. The van der Waals surface area contributed by atoms with E-state index in [0.29, 0.717) is 10.6 Å². The second kappa shape index (κ2) is 5.71. The molecule has 0 saturated heterocycles. The van der Waals surface area contributed by atoms with E-state index in [4.69, 9.17) is 4.74 Å². The molecule has 1 rings (SSSR count). The zero-order valence-corrected chi connectivity index (χ0v) is 12.2. The minimum Gasteiger partial charge on any atom is -0.487 e. The van der Waals surface area contributed by atoms with Gasteiger partial charge < -0.3 is 10.1 Å². The van der Waals surface area contributed by atoms with E-state index < -0.39 is 9.84 Å². The first-order chi connectivity index (χ1) is 8.24. The van der Waals surface area contributed by atoms with E-state index in [-0.39, 0.29) is 5.60 Å². The molecule has 1 aromatic rings. The van der Waals surface area contributed by atoms with Gasteiger partial charge in [0.2, 0.25) is 0 Å². The van der Waals surface area contributed by atoms with E-state index >= 15 is 0 Å². The molecule has 0 amide bonds. The molecule has 1 aromatic carbocycles. The van der Waals surface area contributed by atoms with Gasteiger partial charge in [-0.05, 0) is 44.7 Å². The van der Waals surface area contributed by atoms with Crippen molar-refractivity contribution in [1.29, 1.82) is 0 Å². The summed E-state index contributed by atoms with van der Waals surface area (Å²) < 4.78 is 28.5. The first kappa shape index (κ1) is 15.0. The summed E-state index contributed by atoms with van der Waals surface area (Å²) >= 11 is 0. The Hall–Kier alpha value is -1.07. The zero-order valence-electron chi connectivity index (χ0n) is 11.4. The summed E-state index contributed by atoms with van der Waals surface area (Å²) in [7, 11) is -3.15. The van der Waals surface area contributed by atoms with Crippen LogP contribution in [0, 0.1) is 0 Å². The fraction of sp³-hybridized carbons (Fsp3) is 0.538. The lowest BCUT2D eigenvalue weighted by atomic mass is 10.1. The highest BCUT2D eigenvalue weighted by Crippen LogP contribution is 2.20. The minimum atomic E-state index is -3.15. The molecule has 0 aromatic heterocycles. The minimum absolute atomic E-state index is 0.305. The number of hydrogen-bond donors (Lipinski definition) is 1. The summed E-state index contributed by atoms with van der Waals surface area (Å²) in [5.41, 5.74) is -0.331. The van der Waals surface area contributed by atoms with Gasteiger partial charge >= 0.3 is 0 Å². The number of sulfone groups is 1. The van der Waals surface area contributed by atoms with Gasteiger partial charge in [-0.2, -0.15) is 0 Å². The summed E-state index contributed by atoms with van der Waals surface area (Å²) in [6.07, 6.45) is 1.19. The van der Waals surface area contributed by atoms with Crippen LogP contribution in [-0.2, 0) is 9.84 Å². The number of nitrogens with one attached hydrogen (secondary N) is 1. The maximum atomic E-state index is 11.3. The van der Waals surface area contributed by atoms with E-state index in [9.17, 15) is 8.42 Å². The van der Waals surface area contributed by atoms with Gasteiger partial charge in [-0.1, -0.05) is 6.92 Å². The smallest absolute Gasteiger partial charge is 0.175 e. The molecule has 102 valence electrons. The fourth-order valence-electron chi connectivity index (χ4n) is 1.54. The number of likely N-dealkylation sites (N-methyl/N-ethyl adjacent to an activating group) is 1. The standard InChI is InChI=1S/C13H21NO3S/c1-5-14-10-13(2,3)17-11-6-8-12(9-7-11)18(4,15)16/h6-9,14H,5,10H2,1-4H3. The van der Waals surface area contributed by atoms with Crippen LogP contribution in [0.2, 0.25) is 0 Å². The van der Waals surface area contributed by atoms with Crippen LogP contribution < -0.4 is 10.1 Å². The molecule has 0 heterocycles. The second-order valence-electron chi connectivity index (χ2n) is 4.89. The first-order valence-corrected chi connectivity index (χ1v) is 7.83. The lowest BCUT2D eigenvalue weighted by Crippen LogP contribution is -2.40. The van der Waals surface area contributed by atoms with Crippen molar-refractivity contribution in [2.75, 3.05) is 19.3 Å². The maximum absolute atomic E-state index is 11.3. The Balaban J connectivity index is 2.75. The molecule has 4 nitrogen and oxygen atoms in total. The van der Waals surface area contributed by atoms with Crippen LogP contribution in [0.5, 0.6) is 5.75 Å². The SMILES string of the molecule is CCNCC(C)(C)Oc1ccc(S(C)(=O)=O)cc1. The van der Waals surface area contributed by atoms with Crippen molar-refractivity contribution >= 4 is 9.84 Å². The molecule has 5 heteroatoms. The molecule has 1 N–H and O–H groups in total. The Bertz CT molecular complexity index is 477. The molecule has 0 unspecified atom stereocenters. The number of benzene rings is 1. The van der Waals surface area contributed by atoms with Gasteiger partial charge in [0.1, 0.15) is 11.4 Å². The van der Waals surface area contributed by atoms with Gasteiger partial charge in [0.25, 0.3) is 0 Å². The predicted molar refractivity (Wildman–Crippen MR) is 72.8 cm³/mol. The van der Waals surface area contributed by atoms with E-state index in [0.717, 1.165) is 13.1 Å². The quantitative estimate of drug-likeness (QED) is 0.858. The topological polar surface area (TPSA) is 55.4 Å². The van der Waals surface area contributed by atoms with Gasteiger partial charge in [0.05, 0.1) is 4.90 Å². The average Bonchev–Trinajstić information content (AvgIpc) is 2.25. The highest BCUT2D eigenvalue weighted by Gasteiger charge is 2.19. The van der Waals surface area contributed by atoms with Crippen molar-refractivity contribution in [3.63, 3.8) is 0 Å². The summed E-state index contributed by atoms with van der Waals surface area (Å²) in [6, 6.07) is 6.50. The van der Waals surface area contributed by atoms with Gasteiger partial charge in [-0.15, -0.1) is 0 Å². The van der Waals surface area contributed by atoms with Crippen LogP contribution in [0.15, 0.2) is 29.2 Å². The molecule has 0 aliphatic carbocycles. The van der Waals surface area contributed by atoms with E-state index in [2.05, 4.69) is 5.32 Å². The molecular formula is C13H21NO3S. The molecule has 0 spiro atoms. The third kappa shape index (κ3) is 4.66. The average molecular weight is 271 g/mol. The summed E-state index contributed by atoms with van der Waals surface area (Å²) in [5.74, 6) is 0.672. The van der Waals surface area contributed by atoms with E-state index in [1.165, 1.54) is 6.26 Å². The number of hydrogen-bond acceptors (Lipinski definition) is 4. The van der Waals surface area contributed by atoms with E-state index in [1.54, 1.807) is 24.3 Å². The fourth-order valence-corrected chi connectivity index (χ4v) is 2.17. The third-order valence-corrected chi connectivity index (χ3v) is 3.58. The zero-order chi connectivity index (χ0) is 13.8. The largest absolute Gasteiger partial charge is 0.487 e. The first-order valence-electron chi connectivity index (χ1n) is 5.94. The number of rotatable bonds is 6. The van der Waals surface area contributed by atoms with Crippen molar-refractivity contribution in [1.82, 2.24) is 5.32 Å². The highest BCUT2D eigenvalue weighted by molar-refractivity contribution is 7.90. The van der Waals surface area contributed by atoms with Crippen molar-refractivity contribution < 1.29 is 13.2 Å². The van der Waals surface area contributed by atoms with Crippen molar-refractivity contribution in [3.8, 4) is 5.75 Å². The Morgan fingerprint density at radius 2 is 1.78 bits per heavy atom. The normalized spacial score (nSPS) is 12.4. The van der Waals surface area contributed by atoms with Crippen molar-refractivity contribution in [3.05, 3.63) is 24.3 Å². The Morgan fingerprint density at radius 3 is 2.22 bits per heavy atom. The monoisotopic (exact) mass is 271 g/mol. The molecule has 0 atom stereocenters.